The number of nitrogens with zero attached hydrogens (tertiary/aromatic N) is 3. The fourth-order valence-corrected chi connectivity index (χ4v) is 4.05. The number of fused-ring (bicyclic) bond motifs is 1. The van der Waals surface area contributed by atoms with E-state index in [1.165, 1.54) is 5.56 Å². The van der Waals surface area contributed by atoms with E-state index in [9.17, 15) is 0 Å². The number of ether oxygens (including phenoxy) is 2. The van der Waals surface area contributed by atoms with Crippen LogP contribution in [-0.4, -0.2) is 27.2 Å². The summed E-state index contributed by atoms with van der Waals surface area (Å²) in [5.41, 5.74) is 4.20. The maximum absolute atomic E-state index is 5.98. The third kappa shape index (κ3) is 3.72. The Morgan fingerprint density at radius 1 is 0.968 bits per heavy atom. The summed E-state index contributed by atoms with van der Waals surface area (Å²) in [7, 11) is 0. The van der Waals surface area contributed by atoms with Gasteiger partial charge in [0.25, 0.3) is 0 Å². The third-order valence-electron chi connectivity index (χ3n) is 5.67. The minimum Gasteiger partial charge on any atom is -0.323 e. The Balaban J connectivity index is 1.57. The predicted molar refractivity (Wildman–Crippen MR) is 118 cm³/mol. The van der Waals surface area contributed by atoms with E-state index in [0.717, 1.165) is 28.9 Å². The Kier molecular flexibility index (Phi) is 5.03. The average Bonchev–Trinajstić information content (AvgIpc) is 3.20. The van der Waals surface area contributed by atoms with Gasteiger partial charge in [0, 0.05) is 11.8 Å². The van der Waals surface area contributed by atoms with Crippen LogP contribution in [0, 0.1) is 11.8 Å². The fraction of sp³-hybridized carbons (Fsp3) is 0.231. The quantitative estimate of drug-likeness (QED) is 0.470. The highest BCUT2D eigenvalue weighted by Crippen LogP contribution is 2.39. The second-order valence-corrected chi connectivity index (χ2v) is 7.99. The molecule has 2 aromatic carbocycles. The SMILES string of the molecule is CC1OC(C(C)(Cc2ccccc2)c2ccnc3c(C#Cc4ccccc4)cnn23)O1. The van der Waals surface area contributed by atoms with E-state index in [1.807, 2.05) is 72.2 Å². The number of hydrogen-bond donors (Lipinski definition) is 0. The largest absolute Gasteiger partial charge is 0.323 e. The van der Waals surface area contributed by atoms with E-state index in [1.54, 1.807) is 6.20 Å². The standard InChI is InChI=1S/C26H23N3O2/c1-19-30-25(31-19)26(2,17-21-11-7-4-8-12-21)23-15-16-27-24-22(18-28-29(23)24)14-13-20-9-5-3-6-10-20/h3-12,15-16,18-19,25H,17H2,1-2H3. The van der Waals surface area contributed by atoms with Gasteiger partial charge < -0.3 is 9.47 Å². The molecule has 5 rings (SSSR count). The molecule has 0 aliphatic carbocycles. The van der Waals surface area contributed by atoms with Crippen molar-refractivity contribution in [2.45, 2.75) is 38.3 Å². The highest BCUT2D eigenvalue weighted by atomic mass is 16.9. The molecule has 0 spiro atoms. The van der Waals surface area contributed by atoms with Gasteiger partial charge in [0.15, 0.2) is 18.2 Å². The van der Waals surface area contributed by atoms with Crippen LogP contribution in [0.25, 0.3) is 5.65 Å². The first kappa shape index (κ1) is 19.5. The van der Waals surface area contributed by atoms with Crippen LogP contribution in [-0.2, 0) is 21.3 Å². The molecular formula is C26H23N3O2. The van der Waals surface area contributed by atoms with Crippen molar-refractivity contribution in [2.24, 2.45) is 0 Å². The van der Waals surface area contributed by atoms with Gasteiger partial charge in [0.1, 0.15) is 0 Å². The molecule has 1 fully saturated rings. The summed E-state index contributed by atoms with van der Waals surface area (Å²) in [6, 6.07) is 22.3. The van der Waals surface area contributed by atoms with Crippen LogP contribution in [0.1, 0.15) is 36.2 Å². The highest BCUT2D eigenvalue weighted by molar-refractivity contribution is 5.58. The summed E-state index contributed by atoms with van der Waals surface area (Å²) in [6.07, 6.45) is 3.76. The molecule has 5 heteroatoms. The van der Waals surface area contributed by atoms with Gasteiger partial charge in [-0.3, -0.25) is 0 Å². The van der Waals surface area contributed by atoms with Gasteiger partial charge in [-0.25, -0.2) is 9.50 Å². The molecule has 1 unspecified atom stereocenters. The minimum atomic E-state index is -0.453. The summed E-state index contributed by atoms with van der Waals surface area (Å²) < 4.78 is 13.8. The summed E-state index contributed by atoms with van der Waals surface area (Å²) in [4.78, 5) is 4.57. The van der Waals surface area contributed by atoms with Gasteiger partial charge in [0.05, 0.1) is 22.9 Å². The van der Waals surface area contributed by atoms with Gasteiger partial charge in [0.2, 0.25) is 0 Å². The van der Waals surface area contributed by atoms with Gasteiger partial charge in [-0.2, -0.15) is 5.10 Å². The second-order valence-electron chi connectivity index (χ2n) is 7.99. The lowest BCUT2D eigenvalue weighted by Crippen LogP contribution is -2.53. The van der Waals surface area contributed by atoms with Crippen molar-refractivity contribution in [1.29, 1.82) is 0 Å². The Labute approximate surface area is 181 Å². The highest BCUT2D eigenvalue weighted by Gasteiger charge is 2.46. The molecule has 3 heterocycles. The van der Waals surface area contributed by atoms with Crippen molar-refractivity contribution in [3.05, 3.63) is 102 Å². The lowest BCUT2D eigenvalue weighted by molar-refractivity contribution is -0.396. The molecule has 0 amide bonds. The monoisotopic (exact) mass is 409 g/mol. The molecule has 0 bridgehead atoms. The molecule has 31 heavy (non-hydrogen) atoms. The number of rotatable bonds is 4. The van der Waals surface area contributed by atoms with Crippen molar-refractivity contribution >= 4 is 5.65 Å². The summed E-state index contributed by atoms with van der Waals surface area (Å²) >= 11 is 0. The van der Waals surface area contributed by atoms with Crippen LogP contribution in [0.4, 0.5) is 0 Å². The molecule has 2 aromatic heterocycles. The van der Waals surface area contributed by atoms with Crippen molar-refractivity contribution in [1.82, 2.24) is 14.6 Å². The molecule has 1 saturated heterocycles. The van der Waals surface area contributed by atoms with E-state index in [0.29, 0.717) is 0 Å². The van der Waals surface area contributed by atoms with Crippen molar-refractivity contribution in [3.8, 4) is 11.8 Å². The first-order chi connectivity index (χ1) is 15.1. The maximum atomic E-state index is 5.98. The number of hydrogen-bond acceptors (Lipinski definition) is 4. The molecule has 0 radical (unpaired) electrons. The molecule has 5 nitrogen and oxygen atoms in total. The Bertz CT molecular complexity index is 1250. The lowest BCUT2D eigenvalue weighted by Gasteiger charge is -2.45. The van der Waals surface area contributed by atoms with E-state index < -0.39 is 5.41 Å². The zero-order valence-electron chi connectivity index (χ0n) is 17.5. The van der Waals surface area contributed by atoms with E-state index in [2.05, 4.69) is 41.0 Å². The van der Waals surface area contributed by atoms with E-state index >= 15 is 0 Å². The Morgan fingerprint density at radius 3 is 2.39 bits per heavy atom. The van der Waals surface area contributed by atoms with Crippen LogP contribution in [0.15, 0.2) is 79.1 Å². The van der Waals surface area contributed by atoms with Gasteiger partial charge in [-0.1, -0.05) is 60.4 Å². The molecule has 0 N–H and O–H groups in total. The predicted octanol–water partition coefficient (Wildman–Crippen LogP) is 4.35. The zero-order valence-corrected chi connectivity index (χ0v) is 17.5. The molecule has 0 saturated carbocycles. The molecular weight excluding hydrogens is 386 g/mol. The van der Waals surface area contributed by atoms with Gasteiger partial charge in [-0.05, 0) is 44.0 Å². The summed E-state index contributed by atoms with van der Waals surface area (Å²) in [6.45, 7) is 4.06. The molecule has 1 atom stereocenters. The smallest absolute Gasteiger partial charge is 0.174 e. The topological polar surface area (TPSA) is 48.7 Å². The molecule has 154 valence electrons. The van der Waals surface area contributed by atoms with Crippen LogP contribution in [0.2, 0.25) is 0 Å². The maximum Gasteiger partial charge on any atom is 0.174 e. The van der Waals surface area contributed by atoms with E-state index in [4.69, 9.17) is 9.47 Å². The first-order valence-corrected chi connectivity index (χ1v) is 10.4. The van der Waals surface area contributed by atoms with Crippen molar-refractivity contribution in [3.63, 3.8) is 0 Å². The van der Waals surface area contributed by atoms with Crippen molar-refractivity contribution < 1.29 is 9.47 Å². The molecule has 1 aliphatic rings. The van der Waals surface area contributed by atoms with Crippen LogP contribution < -0.4 is 0 Å². The molecule has 1 aliphatic heterocycles. The third-order valence-corrected chi connectivity index (χ3v) is 5.67. The van der Waals surface area contributed by atoms with Gasteiger partial charge >= 0.3 is 0 Å². The average molecular weight is 409 g/mol. The van der Waals surface area contributed by atoms with E-state index in [-0.39, 0.29) is 12.6 Å². The Hall–Kier alpha value is -3.46. The number of aromatic nitrogens is 3. The first-order valence-electron chi connectivity index (χ1n) is 10.4. The summed E-state index contributed by atoms with van der Waals surface area (Å²) in [5.74, 6) is 6.41. The fourth-order valence-electron chi connectivity index (χ4n) is 4.05. The lowest BCUT2D eigenvalue weighted by atomic mass is 9.78. The van der Waals surface area contributed by atoms with Crippen LogP contribution >= 0.6 is 0 Å². The van der Waals surface area contributed by atoms with Crippen LogP contribution in [0.3, 0.4) is 0 Å². The zero-order chi connectivity index (χ0) is 21.3. The summed E-state index contributed by atoms with van der Waals surface area (Å²) in [5, 5.41) is 4.64. The Morgan fingerprint density at radius 2 is 1.68 bits per heavy atom. The second kappa shape index (κ2) is 7.99. The van der Waals surface area contributed by atoms with Crippen LogP contribution in [0.5, 0.6) is 0 Å². The normalized spacial score (nSPS) is 19.8. The minimum absolute atomic E-state index is 0.206. The molecule has 4 aromatic rings. The number of benzene rings is 2. The van der Waals surface area contributed by atoms with Crippen molar-refractivity contribution in [2.75, 3.05) is 0 Å². The van der Waals surface area contributed by atoms with Gasteiger partial charge in [-0.15, -0.1) is 0 Å².